The van der Waals surface area contributed by atoms with Gasteiger partial charge in [-0.15, -0.1) is 0 Å². The van der Waals surface area contributed by atoms with E-state index in [1.807, 2.05) is 0 Å². The molecule has 0 aliphatic carbocycles. The van der Waals surface area contributed by atoms with Gasteiger partial charge in [-0.3, -0.25) is 9.59 Å². The summed E-state index contributed by atoms with van der Waals surface area (Å²) in [5, 5.41) is 3.39. The standard InChI is InChI=1S/C20H21ClN2O4/c1-14(24)23(18-6-4-3-5-17(18)20(26)27-2)12-11-22-19(25)13-15-7-9-16(21)10-8-15/h3-10H,11-13H2,1-2H3,(H,22,25). The predicted molar refractivity (Wildman–Crippen MR) is 104 cm³/mol. The van der Waals surface area contributed by atoms with E-state index in [1.54, 1.807) is 48.5 Å². The average Bonchev–Trinajstić information content (AvgIpc) is 2.66. The van der Waals surface area contributed by atoms with Crippen molar-refractivity contribution in [1.29, 1.82) is 0 Å². The molecule has 0 aromatic heterocycles. The normalized spacial score (nSPS) is 10.2. The number of anilines is 1. The smallest absolute Gasteiger partial charge is 0.339 e. The molecule has 7 heteroatoms. The fourth-order valence-corrected chi connectivity index (χ4v) is 2.72. The number of hydrogen-bond donors (Lipinski definition) is 1. The number of methoxy groups -OCH3 is 1. The number of ether oxygens (including phenoxy) is 1. The lowest BCUT2D eigenvalue weighted by Gasteiger charge is -2.23. The van der Waals surface area contributed by atoms with Gasteiger partial charge in [-0.25, -0.2) is 4.79 Å². The molecule has 2 aromatic rings. The Morgan fingerprint density at radius 1 is 1.07 bits per heavy atom. The van der Waals surface area contributed by atoms with Crippen LogP contribution in [-0.2, 0) is 20.7 Å². The third-order valence-electron chi connectivity index (χ3n) is 3.92. The molecule has 0 saturated carbocycles. The summed E-state index contributed by atoms with van der Waals surface area (Å²) in [6.07, 6.45) is 0.218. The first-order valence-corrected chi connectivity index (χ1v) is 8.76. The second kappa shape index (κ2) is 9.73. The molecule has 142 valence electrons. The first-order chi connectivity index (χ1) is 12.9. The zero-order chi connectivity index (χ0) is 19.8. The maximum atomic E-state index is 12.1. The van der Waals surface area contributed by atoms with Crippen LogP contribution in [0, 0.1) is 0 Å². The first-order valence-electron chi connectivity index (χ1n) is 8.39. The SMILES string of the molecule is COC(=O)c1ccccc1N(CCNC(=O)Cc1ccc(Cl)cc1)C(C)=O. The molecule has 0 spiro atoms. The molecule has 1 N–H and O–H groups in total. The highest BCUT2D eigenvalue weighted by atomic mass is 35.5. The topological polar surface area (TPSA) is 75.7 Å². The maximum absolute atomic E-state index is 12.1. The highest BCUT2D eigenvalue weighted by Gasteiger charge is 2.19. The zero-order valence-corrected chi connectivity index (χ0v) is 16.0. The van der Waals surface area contributed by atoms with Gasteiger partial charge in [0.25, 0.3) is 0 Å². The summed E-state index contributed by atoms with van der Waals surface area (Å²) in [4.78, 5) is 37.5. The van der Waals surface area contributed by atoms with Gasteiger partial charge in [-0.1, -0.05) is 35.9 Å². The van der Waals surface area contributed by atoms with E-state index >= 15 is 0 Å². The molecule has 2 amide bonds. The van der Waals surface area contributed by atoms with Crippen LogP contribution >= 0.6 is 11.6 Å². The molecule has 0 radical (unpaired) electrons. The van der Waals surface area contributed by atoms with Gasteiger partial charge >= 0.3 is 5.97 Å². The molecular weight excluding hydrogens is 368 g/mol. The zero-order valence-electron chi connectivity index (χ0n) is 15.2. The molecule has 0 bridgehead atoms. The minimum atomic E-state index is -0.524. The lowest BCUT2D eigenvalue weighted by Crippen LogP contribution is -2.38. The molecule has 0 heterocycles. The van der Waals surface area contributed by atoms with Gasteiger partial charge in [0.1, 0.15) is 0 Å². The second-order valence-corrected chi connectivity index (χ2v) is 6.27. The number of benzene rings is 2. The molecule has 0 aliphatic rings. The number of nitrogens with one attached hydrogen (secondary N) is 1. The van der Waals surface area contributed by atoms with Gasteiger partial charge in [0.2, 0.25) is 11.8 Å². The number of rotatable bonds is 7. The van der Waals surface area contributed by atoms with E-state index in [1.165, 1.54) is 18.9 Å². The van der Waals surface area contributed by atoms with Crippen LogP contribution in [0.5, 0.6) is 0 Å². The van der Waals surface area contributed by atoms with E-state index < -0.39 is 5.97 Å². The minimum Gasteiger partial charge on any atom is -0.465 e. The summed E-state index contributed by atoms with van der Waals surface area (Å²) < 4.78 is 4.77. The van der Waals surface area contributed by atoms with Crippen LogP contribution in [0.25, 0.3) is 0 Å². The molecule has 2 rings (SSSR count). The number of nitrogens with zero attached hydrogens (tertiary/aromatic N) is 1. The fraction of sp³-hybridized carbons (Fsp3) is 0.250. The van der Waals surface area contributed by atoms with Crippen LogP contribution in [0.15, 0.2) is 48.5 Å². The summed E-state index contributed by atoms with van der Waals surface area (Å²) in [5.74, 6) is -0.927. The van der Waals surface area contributed by atoms with Crippen molar-refractivity contribution >= 4 is 35.1 Å². The Kier molecular flexibility index (Phi) is 7.37. The Bertz CT molecular complexity index is 821. The number of halogens is 1. The van der Waals surface area contributed by atoms with Gasteiger partial charge in [0.15, 0.2) is 0 Å². The summed E-state index contributed by atoms with van der Waals surface area (Å²) in [5.41, 5.74) is 1.59. The van der Waals surface area contributed by atoms with Gasteiger partial charge in [-0.2, -0.15) is 0 Å². The lowest BCUT2D eigenvalue weighted by atomic mass is 10.1. The predicted octanol–water partition coefficient (Wildman–Crippen LogP) is 2.84. The van der Waals surface area contributed by atoms with E-state index in [9.17, 15) is 14.4 Å². The van der Waals surface area contributed by atoms with E-state index in [4.69, 9.17) is 16.3 Å². The van der Waals surface area contributed by atoms with Crippen molar-refractivity contribution in [2.24, 2.45) is 0 Å². The van der Waals surface area contributed by atoms with Crippen molar-refractivity contribution in [3.05, 3.63) is 64.7 Å². The van der Waals surface area contributed by atoms with Gasteiger partial charge < -0.3 is 15.0 Å². The quantitative estimate of drug-likeness (QED) is 0.740. The van der Waals surface area contributed by atoms with E-state index in [0.717, 1.165) is 5.56 Å². The first kappa shape index (κ1) is 20.5. The Labute approximate surface area is 163 Å². The third-order valence-corrected chi connectivity index (χ3v) is 4.17. The highest BCUT2D eigenvalue weighted by Crippen LogP contribution is 2.21. The van der Waals surface area contributed by atoms with Crippen LogP contribution in [-0.4, -0.2) is 38.0 Å². The second-order valence-electron chi connectivity index (χ2n) is 5.83. The number of amides is 2. The van der Waals surface area contributed by atoms with Crippen LogP contribution < -0.4 is 10.2 Å². The minimum absolute atomic E-state index is 0.165. The summed E-state index contributed by atoms with van der Waals surface area (Å²) >= 11 is 5.83. The van der Waals surface area contributed by atoms with Crippen LogP contribution in [0.3, 0.4) is 0 Å². The molecule has 0 atom stereocenters. The number of para-hydroxylation sites is 1. The largest absolute Gasteiger partial charge is 0.465 e. The van der Waals surface area contributed by atoms with Crippen LogP contribution in [0.2, 0.25) is 5.02 Å². The van der Waals surface area contributed by atoms with Gasteiger partial charge in [0, 0.05) is 25.0 Å². The Morgan fingerprint density at radius 3 is 2.37 bits per heavy atom. The average molecular weight is 389 g/mol. The van der Waals surface area contributed by atoms with Gasteiger partial charge in [0.05, 0.1) is 24.8 Å². The van der Waals surface area contributed by atoms with Crippen LogP contribution in [0.4, 0.5) is 5.69 Å². The Hall–Kier alpha value is -2.86. The maximum Gasteiger partial charge on any atom is 0.339 e. The van der Waals surface area contributed by atoms with Crippen LogP contribution in [0.1, 0.15) is 22.8 Å². The van der Waals surface area contributed by atoms with E-state index in [0.29, 0.717) is 16.3 Å². The van der Waals surface area contributed by atoms with Crippen molar-refractivity contribution in [1.82, 2.24) is 5.32 Å². The monoisotopic (exact) mass is 388 g/mol. The summed E-state index contributed by atoms with van der Waals surface area (Å²) in [6, 6.07) is 13.7. The number of carbonyl (C=O) groups excluding carboxylic acids is 3. The van der Waals surface area contributed by atoms with Crippen molar-refractivity contribution in [3.63, 3.8) is 0 Å². The van der Waals surface area contributed by atoms with E-state index in [-0.39, 0.29) is 31.3 Å². The Balaban J connectivity index is 1.99. The third kappa shape index (κ3) is 5.82. The van der Waals surface area contributed by atoms with Crippen molar-refractivity contribution in [2.75, 3.05) is 25.1 Å². The molecule has 0 saturated heterocycles. The van der Waals surface area contributed by atoms with E-state index in [2.05, 4.69) is 5.32 Å². The van der Waals surface area contributed by atoms with Crippen molar-refractivity contribution < 1.29 is 19.1 Å². The number of hydrogen-bond acceptors (Lipinski definition) is 4. The molecule has 27 heavy (non-hydrogen) atoms. The highest BCUT2D eigenvalue weighted by molar-refractivity contribution is 6.30. The summed E-state index contributed by atoms with van der Waals surface area (Å²) in [6.45, 7) is 1.89. The van der Waals surface area contributed by atoms with Gasteiger partial charge in [-0.05, 0) is 29.8 Å². The summed E-state index contributed by atoms with van der Waals surface area (Å²) in [7, 11) is 1.29. The molecule has 0 fully saturated rings. The Morgan fingerprint density at radius 2 is 1.74 bits per heavy atom. The van der Waals surface area contributed by atoms with Crippen molar-refractivity contribution in [3.8, 4) is 0 Å². The molecule has 2 aromatic carbocycles. The molecular formula is C20H21ClN2O4. The fourth-order valence-electron chi connectivity index (χ4n) is 2.60. The molecule has 6 nitrogen and oxygen atoms in total. The van der Waals surface area contributed by atoms with Crippen molar-refractivity contribution in [2.45, 2.75) is 13.3 Å². The number of esters is 1. The lowest BCUT2D eigenvalue weighted by molar-refractivity contribution is -0.121. The number of carbonyl (C=O) groups is 3. The molecule has 0 unspecified atom stereocenters. The molecule has 0 aliphatic heterocycles.